The molecule has 1 amide bonds. The number of hydrogen-bond acceptors (Lipinski definition) is 5. The highest BCUT2D eigenvalue weighted by Gasteiger charge is 2.18. The van der Waals surface area contributed by atoms with Gasteiger partial charge in [0, 0.05) is 12.8 Å². The molecule has 0 saturated heterocycles. The number of aliphatic hydroxyl groups is 2. The Morgan fingerprint density at radius 2 is 0.879 bits per heavy atom. The number of amides is 1. The van der Waals surface area contributed by atoms with E-state index in [1.807, 2.05) is 6.08 Å². The van der Waals surface area contributed by atoms with Crippen molar-refractivity contribution in [2.45, 2.75) is 244 Å². The molecule has 58 heavy (non-hydrogen) atoms. The Hall–Kier alpha value is -2.44. The molecule has 0 spiro atoms. The lowest BCUT2D eigenvalue weighted by molar-refractivity contribution is -0.143. The van der Waals surface area contributed by atoms with Crippen molar-refractivity contribution in [2.24, 2.45) is 0 Å². The second-order valence-corrected chi connectivity index (χ2v) is 16.4. The van der Waals surface area contributed by atoms with Crippen LogP contribution in [-0.2, 0) is 14.3 Å². The zero-order valence-corrected chi connectivity index (χ0v) is 38.0. The third-order valence-electron chi connectivity index (χ3n) is 10.8. The Balaban J connectivity index is 3.54. The minimum Gasteiger partial charge on any atom is -0.466 e. The topological polar surface area (TPSA) is 95.9 Å². The molecule has 2 unspecified atom stereocenters. The molecule has 0 aromatic rings. The van der Waals surface area contributed by atoms with Gasteiger partial charge in [-0.2, -0.15) is 0 Å². The quantitative estimate of drug-likeness (QED) is 0.0323. The van der Waals surface area contributed by atoms with E-state index in [-0.39, 0.29) is 18.5 Å². The Kier molecular flexibility index (Phi) is 45.3. The van der Waals surface area contributed by atoms with Crippen LogP contribution in [0.5, 0.6) is 0 Å². The maximum atomic E-state index is 12.4. The number of carbonyl (C=O) groups is 2. The van der Waals surface area contributed by atoms with Gasteiger partial charge in [0.15, 0.2) is 0 Å². The van der Waals surface area contributed by atoms with Crippen LogP contribution in [0.15, 0.2) is 60.8 Å². The van der Waals surface area contributed by atoms with Crippen molar-refractivity contribution >= 4 is 11.9 Å². The smallest absolute Gasteiger partial charge is 0.305 e. The minimum absolute atomic E-state index is 0.0327. The molecule has 0 rings (SSSR count). The molecule has 0 aliphatic carbocycles. The van der Waals surface area contributed by atoms with Crippen LogP contribution in [0.3, 0.4) is 0 Å². The average Bonchev–Trinajstić information content (AvgIpc) is 3.22. The fourth-order valence-electron chi connectivity index (χ4n) is 6.91. The molecule has 6 nitrogen and oxygen atoms in total. The molecule has 336 valence electrons. The zero-order valence-electron chi connectivity index (χ0n) is 38.0. The number of aliphatic hydroxyl groups excluding tert-OH is 2. The average molecular weight is 812 g/mol. The maximum absolute atomic E-state index is 12.4. The standard InChI is InChI=1S/C52H93NO5/c1-3-5-7-9-11-13-15-16-23-26-30-34-38-42-46-52(57)58-47-43-39-35-31-27-24-21-19-17-18-20-22-25-29-33-37-41-45-51(56)53-49(48-54)50(55)44-40-36-32-28-14-12-10-8-6-4-2/h9,11,15-17,19,24,27,40,44,49-50,54-55H,3-8,10,12-14,18,20-23,25-26,28-39,41-43,45-48H2,1-2H3,(H,53,56)/b11-9-,16-15-,19-17-,27-24-,44-40+. The molecule has 3 N–H and O–H groups in total. The Bertz CT molecular complexity index is 1030. The van der Waals surface area contributed by atoms with Crippen LogP contribution >= 0.6 is 0 Å². The first-order valence-corrected chi connectivity index (χ1v) is 24.6. The highest BCUT2D eigenvalue weighted by molar-refractivity contribution is 5.76. The van der Waals surface area contributed by atoms with Crippen molar-refractivity contribution in [1.82, 2.24) is 5.32 Å². The van der Waals surface area contributed by atoms with Crippen molar-refractivity contribution < 1.29 is 24.5 Å². The summed E-state index contributed by atoms with van der Waals surface area (Å²) < 4.78 is 5.43. The maximum Gasteiger partial charge on any atom is 0.305 e. The summed E-state index contributed by atoms with van der Waals surface area (Å²) in [5, 5.41) is 22.9. The lowest BCUT2D eigenvalue weighted by atomic mass is 10.1. The molecule has 0 aliphatic heterocycles. The number of esters is 1. The van der Waals surface area contributed by atoms with Crippen LogP contribution in [0.4, 0.5) is 0 Å². The first-order chi connectivity index (χ1) is 28.5. The Labute approximate surface area is 358 Å². The van der Waals surface area contributed by atoms with Crippen molar-refractivity contribution in [3.8, 4) is 0 Å². The van der Waals surface area contributed by atoms with Crippen LogP contribution in [0.25, 0.3) is 0 Å². The van der Waals surface area contributed by atoms with Gasteiger partial charge in [-0.1, -0.05) is 184 Å². The summed E-state index contributed by atoms with van der Waals surface area (Å²) in [6.07, 6.45) is 59.3. The van der Waals surface area contributed by atoms with Crippen LogP contribution in [0.1, 0.15) is 232 Å². The molecule has 0 fully saturated rings. The summed E-state index contributed by atoms with van der Waals surface area (Å²) in [4.78, 5) is 24.4. The fourth-order valence-corrected chi connectivity index (χ4v) is 6.91. The Morgan fingerprint density at radius 1 is 0.483 bits per heavy atom. The second kappa shape index (κ2) is 47.2. The third kappa shape index (κ3) is 43.1. The van der Waals surface area contributed by atoms with Crippen LogP contribution in [-0.4, -0.2) is 47.4 Å². The van der Waals surface area contributed by atoms with E-state index in [0.29, 0.717) is 19.4 Å². The number of carbonyl (C=O) groups excluding carboxylic acids is 2. The van der Waals surface area contributed by atoms with Gasteiger partial charge in [-0.25, -0.2) is 0 Å². The molecule has 0 radical (unpaired) electrons. The van der Waals surface area contributed by atoms with E-state index in [1.165, 1.54) is 109 Å². The van der Waals surface area contributed by atoms with E-state index < -0.39 is 12.1 Å². The zero-order chi connectivity index (χ0) is 42.3. The van der Waals surface area contributed by atoms with E-state index in [1.54, 1.807) is 6.08 Å². The number of hydrogen-bond donors (Lipinski definition) is 3. The van der Waals surface area contributed by atoms with Gasteiger partial charge in [-0.05, 0) is 96.3 Å². The van der Waals surface area contributed by atoms with Crippen LogP contribution in [0.2, 0.25) is 0 Å². The van der Waals surface area contributed by atoms with Gasteiger partial charge in [-0.15, -0.1) is 0 Å². The first-order valence-electron chi connectivity index (χ1n) is 24.6. The van der Waals surface area contributed by atoms with Gasteiger partial charge in [0.05, 0.1) is 25.4 Å². The van der Waals surface area contributed by atoms with Crippen LogP contribution in [0, 0.1) is 0 Å². The van der Waals surface area contributed by atoms with Gasteiger partial charge >= 0.3 is 5.97 Å². The van der Waals surface area contributed by atoms with Gasteiger partial charge < -0.3 is 20.3 Å². The number of allylic oxidation sites excluding steroid dienone is 9. The summed E-state index contributed by atoms with van der Waals surface area (Å²) >= 11 is 0. The first kappa shape index (κ1) is 55.6. The molecular formula is C52H93NO5. The Morgan fingerprint density at radius 3 is 1.36 bits per heavy atom. The summed E-state index contributed by atoms with van der Waals surface area (Å²) in [5.41, 5.74) is 0. The normalized spacial score (nSPS) is 13.2. The summed E-state index contributed by atoms with van der Waals surface area (Å²) in [6.45, 7) is 4.77. The lowest BCUT2D eigenvalue weighted by Gasteiger charge is -2.20. The van der Waals surface area contributed by atoms with Gasteiger partial charge in [0.2, 0.25) is 5.91 Å². The number of rotatable bonds is 44. The molecular weight excluding hydrogens is 719 g/mol. The van der Waals surface area contributed by atoms with Crippen LogP contribution < -0.4 is 5.32 Å². The number of nitrogens with one attached hydrogen (secondary N) is 1. The van der Waals surface area contributed by atoms with E-state index >= 15 is 0 Å². The molecule has 0 heterocycles. The van der Waals surface area contributed by atoms with Gasteiger partial charge in [0.25, 0.3) is 0 Å². The fraction of sp³-hybridized carbons (Fsp3) is 0.769. The SMILES string of the molecule is CCCC/C=C\C/C=C\CCCCCCCC(=O)OCCCCC/C=C\C/C=C\CCCCCCCCCC(=O)NC(CO)C(O)/C=C/CCCCCCCCCC. The highest BCUT2D eigenvalue weighted by Crippen LogP contribution is 2.13. The lowest BCUT2D eigenvalue weighted by Crippen LogP contribution is -2.45. The van der Waals surface area contributed by atoms with Crippen molar-refractivity contribution in [3.05, 3.63) is 60.8 Å². The molecule has 0 bridgehead atoms. The molecule has 2 atom stereocenters. The van der Waals surface area contributed by atoms with Crippen molar-refractivity contribution in [2.75, 3.05) is 13.2 Å². The molecule has 0 aromatic heterocycles. The summed E-state index contributed by atoms with van der Waals surface area (Å²) in [7, 11) is 0. The van der Waals surface area contributed by atoms with E-state index in [9.17, 15) is 19.8 Å². The van der Waals surface area contributed by atoms with Gasteiger partial charge in [0.1, 0.15) is 0 Å². The monoisotopic (exact) mass is 812 g/mol. The highest BCUT2D eigenvalue weighted by atomic mass is 16.5. The molecule has 0 aliphatic rings. The minimum atomic E-state index is -0.854. The van der Waals surface area contributed by atoms with Crippen molar-refractivity contribution in [3.63, 3.8) is 0 Å². The van der Waals surface area contributed by atoms with E-state index in [2.05, 4.69) is 67.8 Å². The van der Waals surface area contributed by atoms with E-state index in [0.717, 1.165) is 96.3 Å². The predicted molar refractivity (Wildman–Crippen MR) is 250 cm³/mol. The molecule has 0 aromatic carbocycles. The van der Waals surface area contributed by atoms with E-state index in [4.69, 9.17) is 4.74 Å². The predicted octanol–water partition coefficient (Wildman–Crippen LogP) is 14.5. The molecule has 0 saturated carbocycles. The second-order valence-electron chi connectivity index (χ2n) is 16.4. The van der Waals surface area contributed by atoms with Crippen molar-refractivity contribution in [1.29, 1.82) is 0 Å². The third-order valence-corrected chi connectivity index (χ3v) is 10.8. The van der Waals surface area contributed by atoms with Gasteiger partial charge in [-0.3, -0.25) is 9.59 Å². The summed E-state index contributed by atoms with van der Waals surface area (Å²) in [6, 6.07) is -0.640. The largest absolute Gasteiger partial charge is 0.466 e. The molecule has 6 heteroatoms. The number of ether oxygens (including phenoxy) is 1. The number of unbranched alkanes of at least 4 members (excludes halogenated alkanes) is 25. The summed E-state index contributed by atoms with van der Waals surface area (Å²) in [5.74, 6) is -0.122.